The Bertz CT molecular complexity index is 522. The van der Waals surface area contributed by atoms with E-state index in [1.165, 1.54) is 0 Å². The Morgan fingerprint density at radius 2 is 1.91 bits per heavy atom. The second-order valence-corrected chi connectivity index (χ2v) is 7.56. The van der Waals surface area contributed by atoms with E-state index in [-0.39, 0.29) is 11.3 Å². The zero-order valence-corrected chi connectivity index (χ0v) is 15.2. The van der Waals surface area contributed by atoms with E-state index in [1.807, 2.05) is 12.1 Å². The first-order valence-electron chi connectivity index (χ1n) is 8.68. The molecule has 2 fully saturated rings. The van der Waals surface area contributed by atoms with E-state index in [9.17, 15) is 4.79 Å². The van der Waals surface area contributed by atoms with Crippen LogP contribution in [0.25, 0.3) is 0 Å². The van der Waals surface area contributed by atoms with Gasteiger partial charge in [-0.05, 0) is 43.5 Å². The summed E-state index contributed by atoms with van der Waals surface area (Å²) >= 11 is 3.47. The predicted octanol–water partition coefficient (Wildman–Crippen LogP) is 2.28. The molecule has 2 N–H and O–H groups in total. The summed E-state index contributed by atoms with van der Waals surface area (Å²) in [6, 6.07) is 8.24. The summed E-state index contributed by atoms with van der Waals surface area (Å²) in [5.74, 6) is 0.214. The minimum absolute atomic E-state index is 0.214. The fourth-order valence-corrected chi connectivity index (χ4v) is 3.82. The van der Waals surface area contributed by atoms with Gasteiger partial charge < -0.3 is 15.5 Å². The molecule has 126 valence electrons. The molecule has 0 radical (unpaired) electrons. The van der Waals surface area contributed by atoms with Crippen molar-refractivity contribution in [3.05, 3.63) is 34.3 Å². The van der Waals surface area contributed by atoms with Crippen LogP contribution < -0.4 is 10.6 Å². The van der Waals surface area contributed by atoms with E-state index in [0.29, 0.717) is 0 Å². The van der Waals surface area contributed by atoms with Crippen LogP contribution in [0.15, 0.2) is 28.7 Å². The molecule has 1 saturated heterocycles. The molecule has 1 aromatic carbocycles. The average Bonchev–Trinajstić information content (AvgIpc) is 2.53. The average molecular weight is 380 g/mol. The van der Waals surface area contributed by atoms with E-state index in [4.69, 9.17) is 0 Å². The Morgan fingerprint density at radius 3 is 2.52 bits per heavy atom. The topological polar surface area (TPSA) is 44.4 Å². The highest BCUT2D eigenvalue weighted by atomic mass is 79.9. The number of nitrogens with one attached hydrogen (secondary N) is 2. The van der Waals surface area contributed by atoms with Crippen molar-refractivity contribution < 1.29 is 4.79 Å². The van der Waals surface area contributed by atoms with Gasteiger partial charge in [-0.1, -0.05) is 34.5 Å². The van der Waals surface area contributed by atoms with Crippen LogP contribution in [0.5, 0.6) is 0 Å². The van der Waals surface area contributed by atoms with Gasteiger partial charge >= 0.3 is 0 Å². The lowest BCUT2D eigenvalue weighted by Crippen LogP contribution is -2.50. The number of carbonyl (C=O) groups is 1. The molecule has 0 bridgehead atoms. The molecule has 1 aliphatic heterocycles. The van der Waals surface area contributed by atoms with Crippen LogP contribution >= 0.6 is 15.9 Å². The van der Waals surface area contributed by atoms with E-state index in [1.54, 1.807) is 0 Å². The number of rotatable bonds is 6. The molecule has 1 aliphatic carbocycles. The van der Waals surface area contributed by atoms with Crippen LogP contribution in [0.2, 0.25) is 0 Å². The molecule has 1 saturated carbocycles. The van der Waals surface area contributed by atoms with Gasteiger partial charge in [-0.15, -0.1) is 0 Å². The van der Waals surface area contributed by atoms with Crippen molar-refractivity contribution in [3.8, 4) is 0 Å². The number of halogens is 1. The van der Waals surface area contributed by atoms with Crippen LogP contribution in [-0.4, -0.2) is 50.1 Å². The summed E-state index contributed by atoms with van der Waals surface area (Å²) in [6.07, 6.45) is 4.11. The second kappa shape index (κ2) is 7.77. The molecule has 0 spiro atoms. The van der Waals surface area contributed by atoms with Gasteiger partial charge in [0, 0.05) is 37.2 Å². The first kappa shape index (κ1) is 16.9. The maximum Gasteiger partial charge on any atom is 0.230 e. The summed E-state index contributed by atoms with van der Waals surface area (Å²) in [6.45, 7) is 6.26. The van der Waals surface area contributed by atoms with Gasteiger partial charge in [-0.25, -0.2) is 0 Å². The smallest absolute Gasteiger partial charge is 0.230 e. The summed E-state index contributed by atoms with van der Waals surface area (Å²) in [7, 11) is 0. The van der Waals surface area contributed by atoms with Crippen LogP contribution in [0, 0.1) is 0 Å². The van der Waals surface area contributed by atoms with Crippen LogP contribution in [-0.2, 0) is 10.2 Å². The van der Waals surface area contributed by atoms with Gasteiger partial charge in [0.1, 0.15) is 0 Å². The SMILES string of the molecule is O=C(NCCCN1CCNCC1)C1(c2ccc(Br)cc2)CCC1. The van der Waals surface area contributed by atoms with Gasteiger partial charge in [0.05, 0.1) is 5.41 Å². The van der Waals surface area contributed by atoms with Gasteiger partial charge in [-0.2, -0.15) is 0 Å². The minimum atomic E-state index is -0.282. The quantitative estimate of drug-likeness (QED) is 0.745. The Kier molecular flexibility index (Phi) is 5.72. The third kappa shape index (κ3) is 3.95. The first-order chi connectivity index (χ1) is 11.2. The molecule has 0 unspecified atom stereocenters. The van der Waals surface area contributed by atoms with Crippen molar-refractivity contribution in [2.45, 2.75) is 31.1 Å². The summed E-state index contributed by atoms with van der Waals surface area (Å²) in [4.78, 5) is 15.2. The van der Waals surface area contributed by atoms with Crippen molar-refractivity contribution >= 4 is 21.8 Å². The van der Waals surface area contributed by atoms with E-state index in [0.717, 1.165) is 75.0 Å². The molecule has 1 heterocycles. The lowest BCUT2D eigenvalue weighted by atomic mass is 9.64. The minimum Gasteiger partial charge on any atom is -0.355 e. The number of nitrogens with zero attached hydrogens (tertiary/aromatic N) is 1. The van der Waals surface area contributed by atoms with Gasteiger partial charge in [0.25, 0.3) is 0 Å². The van der Waals surface area contributed by atoms with Crippen molar-refractivity contribution in [1.82, 2.24) is 15.5 Å². The Hall–Kier alpha value is -0.910. The fraction of sp³-hybridized carbons (Fsp3) is 0.611. The highest BCUT2D eigenvalue weighted by Gasteiger charge is 2.45. The summed E-state index contributed by atoms with van der Waals surface area (Å²) < 4.78 is 1.06. The molecular weight excluding hydrogens is 354 g/mol. The number of hydrogen-bond acceptors (Lipinski definition) is 3. The van der Waals surface area contributed by atoms with E-state index < -0.39 is 0 Å². The number of benzene rings is 1. The number of amides is 1. The van der Waals surface area contributed by atoms with Gasteiger partial charge in [-0.3, -0.25) is 4.79 Å². The molecule has 0 atom stereocenters. The molecule has 1 amide bonds. The van der Waals surface area contributed by atoms with Crippen molar-refractivity contribution in [1.29, 1.82) is 0 Å². The monoisotopic (exact) mass is 379 g/mol. The molecule has 2 aliphatic rings. The third-order valence-corrected chi connectivity index (χ3v) is 5.71. The summed E-state index contributed by atoms with van der Waals surface area (Å²) in [5.41, 5.74) is 0.877. The molecular formula is C18H26BrN3O. The number of piperazine rings is 1. The van der Waals surface area contributed by atoms with Crippen molar-refractivity contribution in [2.75, 3.05) is 39.3 Å². The number of carbonyl (C=O) groups excluding carboxylic acids is 1. The van der Waals surface area contributed by atoms with E-state index >= 15 is 0 Å². The Balaban J connectivity index is 1.49. The highest BCUT2D eigenvalue weighted by Crippen LogP contribution is 2.44. The molecule has 23 heavy (non-hydrogen) atoms. The fourth-order valence-electron chi connectivity index (χ4n) is 3.55. The normalized spacial score (nSPS) is 20.7. The van der Waals surface area contributed by atoms with Crippen LogP contribution in [0.3, 0.4) is 0 Å². The molecule has 1 aromatic rings. The first-order valence-corrected chi connectivity index (χ1v) is 9.47. The Labute approximate surface area is 147 Å². The zero-order chi connectivity index (χ0) is 16.1. The zero-order valence-electron chi connectivity index (χ0n) is 13.6. The number of hydrogen-bond donors (Lipinski definition) is 2. The largest absolute Gasteiger partial charge is 0.355 e. The molecule has 3 rings (SSSR count). The Morgan fingerprint density at radius 1 is 1.22 bits per heavy atom. The second-order valence-electron chi connectivity index (χ2n) is 6.64. The maximum atomic E-state index is 12.7. The van der Waals surface area contributed by atoms with Gasteiger partial charge in [0.15, 0.2) is 0 Å². The maximum absolute atomic E-state index is 12.7. The lowest BCUT2D eigenvalue weighted by molar-refractivity contribution is -0.129. The molecule has 0 aromatic heterocycles. The highest BCUT2D eigenvalue weighted by molar-refractivity contribution is 9.10. The third-order valence-electron chi connectivity index (χ3n) is 5.18. The predicted molar refractivity (Wildman–Crippen MR) is 96.6 cm³/mol. The molecule has 5 heteroatoms. The van der Waals surface area contributed by atoms with E-state index in [2.05, 4.69) is 43.6 Å². The van der Waals surface area contributed by atoms with Gasteiger partial charge in [0.2, 0.25) is 5.91 Å². The standard InChI is InChI=1S/C18H26BrN3O/c19-16-5-3-15(4-6-16)18(7-1-8-18)17(23)21-9-2-12-22-13-10-20-11-14-22/h3-6,20H,1-2,7-14H2,(H,21,23). The lowest BCUT2D eigenvalue weighted by Gasteiger charge is -2.40. The van der Waals surface area contributed by atoms with Crippen LogP contribution in [0.4, 0.5) is 0 Å². The van der Waals surface area contributed by atoms with Crippen molar-refractivity contribution in [2.24, 2.45) is 0 Å². The summed E-state index contributed by atoms with van der Waals surface area (Å²) in [5, 5.41) is 6.55. The van der Waals surface area contributed by atoms with Crippen molar-refractivity contribution in [3.63, 3.8) is 0 Å². The molecule has 4 nitrogen and oxygen atoms in total. The van der Waals surface area contributed by atoms with Crippen LogP contribution in [0.1, 0.15) is 31.2 Å².